The van der Waals surface area contributed by atoms with Gasteiger partial charge in [-0.1, -0.05) is 24.3 Å². The number of nitrogens with one attached hydrogen (secondary N) is 3. The first-order chi connectivity index (χ1) is 14.2. The number of phenols is 1. The van der Waals surface area contributed by atoms with Crippen molar-refractivity contribution >= 4 is 55.2 Å². The number of rotatable bonds is 6. The number of hydrogen-bond acceptors (Lipinski definition) is 7. The number of carbonyl (C=O) groups is 1. The molecule has 0 spiro atoms. The molecular formula is C19H14N3O6S2-. The highest BCUT2D eigenvalue weighted by Crippen LogP contribution is 2.40. The Bertz CT molecular complexity index is 1460. The largest absolute Gasteiger partial charge is 0.549 e. The maximum absolute atomic E-state index is 13.0. The van der Waals surface area contributed by atoms with Crippen LogP contribution in [0.25, 0.3) is 21.8 Å². The predicted molar refractivity (Wildman–Crippen MR) is 111 cm³/mol. The molecule has 0 bridgehead atoms. The van der Waals surface area contributed by atoms with E-state index in [0.29, 0.717) is 21.8 Å². The molecule has 4 N–H and O–H groups in total. The van der Waals surface area contributed by atoms with Gasteiger partial charge in [0, 0.05) is 16.5 Å². The molecule has 4 rings (SSSR count). The monoisotopic (exact) mass is 444 g/mol. The summed E-state index contributed by atoms with van der Waals surface area (Å²) in [5, 5.41) is 22.1. The number of aromatic hydroxyl groups is 1. The van der Waals surface area contributed by atoms with Crippen LogP contribution in [0, 0.1) is 0 Å². The van der Waals surface area contributed by atoms with Crippen LogP contribution in [-0.2, 0) is 14.8 Å². The van der Waals surface area contributed by atoms with E-state index in [0.717, 1.165) is 11.8 Å². The number of hydrogen-bond donors (Lipinski definition) is 4. The summed E-state index contributed by atoms with van der Waals surface area (Å²) in [5.41, 5.74) is 0.525. The summed E-state index contributed by atoms with van der Waals surface area (Å²) in [6, 6.07) is 12.1. The number of fused-ring (bicyclic) bond motifs is 2. The lowest BCUT2D eigenvalue weighted by Crippen LogP contribution is -2.24. The van der Waals surface area contributed by atoms with Gasteiger partial charge in [0.1, 0.15) is 5.75 Å². The summed E-state index contributed by atoms with van der Waals surface area (Å²) in [5.74, 6) is -1.87. The highest BCUT2D eigenvalue weighted by Gasteiger charge is 2.19. The molecule has 0 aliphatic rings. The van der Waals surface area contributed by atoms with Crippen molar-refractivity contribution in [2.45, 2.75) is 9.79 Å². The second-order valence-electron chi connectivity index (χ2n) is 6.37. The highest BCUT2D eigenvalue weighted by molar-refractivity contribution is 8.00. The number of anilines is 1. The molecule has 0 atom stereocenters. The van der Waals surface area contributed by atoms with Crippen molar-refractivity contribution in [3.8, 4) is 5.75 Å². The third kappa shape index (κ3) is 3.72. The number of imidazole rings is 1. The third-order valence-electron chi connectivity index (χ3n) is 4.37. The van der Waals surface area contributed by atoms with Crippen LogP contribution < -0.4 is 15.5 Å². The summed E-state index contributed by atoms with van der Waals surface area (Å²) in [6.07, 6.45) is 0. The molecule has 1 heterocycles. The number of carboxylic acid groups (broad SMARTS) is 1. The Morgan fingerprint density at radius 2 is 1.77 bits per heavy atom. The van der Waals surface area contributed by atoms with Gasteiger partial charge in [0.15, 0.2) is 0 Å². The standard InChI is InChI=1S/C19H15N3O6S2/c23-17(24)9-29-16-8-14(11-3-1-2-4-12(11)18(16)25)22-30(27,28)10-5-6-13-15(7-10)21-19(26)20-13/h1-8,22,25H,9H2,(H,23,24)(H2,20,21,26)/p-1. The summed E-state index contributed by atoms with van der Waals surface area (Å²) in [4.78, 5) is 27.4. The first kappa shape index (κ1) is 19.9. The van der Waals surface area contributed by atoms with Crippen molar-refractivity contribution in [2.75, 3.05) is 10.5 Å². The fourth-order valence-electron chi connectivity index (χ4n) is 3.05. The average molecular weight is 444 g/mol. The zero-order chi connectivity index (χ0) is 21.5. The van der Waals surface area contributed by atoms with Crippen molar-refractivity contribution in [1.82, 2.24) is 9.97 Å². The van der Waals surface area contributed by atoms with Crippen molar-refractivity contribution < 1.29 is 23.4 Å². The number of sulfonamides is 1. The quantitative estimate of drug-likeness (QED) is 0.258. The molecule has 4 aromatic rings. The third-order valence-corrected chi connectivity index (χ3v) is 6.73. The topological polar surface area (TPSA) is 155 Å². The van der Waals surface area contributed by atoms with Crippen LogP contribution in [0.15, 0.2) is 63.1 Å². The maximum atomic E-state index is 13.0. The van der Waals surface area contributed by atoms with Crippen LogP contribution in [0.4, 0.5) is 5.69 Å². The Labute approximate surface area is 173 Å². The zero-order valence-corrected chi connectivity index (χ0v) is 16.8. The van der Waals surface area contributed by atoms with Gasteiger partial charge in [0.25, 0.3) is 10.0 Å². The van der Waals surface area contributed by atoms with Gasteiger partial charge in [0.05, 0.1) is 32.5 Å². The van der Waals surface area contributed by atoms with Gasteiger partial charge in [-0.15, -0.1) is 11.8 Å². The van der Waals surface area contributed by atoms with Gasteiger partial charge in [-0.25, -0.2) is 13.2 Å². The Balaban J connectivity index is 1.80. The number of carboxylic acids is 1. The van der Waals surface area contributed by atoms with Gasteiger partial charge in [-0.3, -0.25) is 4.72 Å². The molecule has 30 heavy (non-hydrogen) atoms. The Kier molecular flexibility index (Phi) is 4.92. The molecule has 9 nitrogen and oxygen atoms in total. The minimum Gasteiger partial charge on any atom is -0.549 e. The van der Waals surface area contributed by atoms with E-state index in [1.807, 2.05) is 0 Å². The first-order valence-corrected chi connectivity index (χ1v) is 11.0. The molecule has 0 saturated carbocycles. The van der Waals surface area contributed by atoms with Gasteiger partial charge >= 0.3 is 5.69 Å². The lowest BCUT2D eigenvalue weighted by Gasteiger charge is -2.15. The predicted octanol–water partition coefficient (Wildman–Crippen LogP) is 1.36. The number of thioether (sulfide) groups is 1. The van der Waals surface area contributed by atoms with E-state index in [1.54, 1.807) is 24.3 Å². The fraction of sp³-hybridized carbons (Fsp3) is 0.0526. The van der Waals surface area contributed by atoms with Crippen molar-refractivity contribution in [2.24, 2.45) is 0 Å². The lowest BCUT2D eigenvalue weighted by atomic mass is 10.1. The molecule has 11 heteroatoms. The molecule has 0 amide bonds. The van der Waals surface area contributed by atoms with Crippen molar-refractivity contribution in [3.63, 3.8) is 0 Å². The Morgan fingerprint density at radius 3 is 2.50 bits per heavy atom. The average Bonchev–Trinajstić information content (AvgIpc) is 3.08. The fourth-order valence-corrected chi connectivity index (χ4v) is 4.87. The number of carbonyl (C=O) groups excluding carboxylic acids is 1. The second kappa shape index (κ2) is 7.43. The Hall–Kier alpha value is -3.44. The molecule has 3 aromatic carbocycles. The minimum atomic E-state index is -4.05. The van der Waals surface area contributed by atoms with E-state index in [-0.39, 0.29) is 21.2 Å². The van der Waals surface area contributed by atoms with E-state index in [1.165, 1.54) is 24.3 Å². The molecule has 0 aliphatic heterocycles. The first-order valence-electron chi connectivity index (χ1n) is 8.57. The van der Waals surface area contributed by atoms with Crippen LogP contribution in [-0.4, -0.2) is 35.2 Å². The summed E-state index contributed by atoms with van der Waals surface area (Å²) in [6.45, 7) is 0. The van der Waals surface area contributed by atoms with E-state index < -0.39 is 27.4 Å². The number of aliphatic carboxylic acids is 1. The summed E-state index contributed by atoms with van der Waals surface area (Å²) >= 11 is 0.820. The number of benzene rings is 3. The smallest absolute Gasteiger partial charge is 0.323 e. The van der Waals surface area contributed by atoms with Crippen LogP contribution in [0.2, 0.25) is 0 Å². The molecule has 0 radical (unpaired) electrons. The number of aromatic nitrogens is 2. The lowest BCUT2D eigenvalue weighted by molar-refractivity contribution is -0.301. The van der Waals surface area contributed by atoms with Crippen LogP contribution in [0.1, 0.15) is 0 Å². The molecule has 154 valence electrons. The summed E-state index contributed by atoms with van der Waals surface area (Å²) in [7, 11) is -4.05. The highest BCUT2D eigenvalue weighted by atomic mass is 32.2. The molecule has 0 aliphatic carbocycles. The maximum Gasteiger partial charge on any atom is 0.323 e. The van der Waals surface area contributed by atoms with Crippen molar-refractivity contribution in [1.29, 1.82) is 0 Å². The number of phenolic OH excluding ortho intramolecular Hbond substituents is 1. The zero-order valence-electron chi connectivity index (χ0n) is 15.1. The summed E-state index contributed by atoms with van der Waals surface area (Å²) < 4.78 is 28.4. The van der Waals surface area contributed by atoms with Gasteiger partial charge < -0.3 is 25.0 Å². The molecule has 1 aromatic heterocycles. The van der Waals surface area contributed by atoms with E-state index >= 15 is 0 Å². The molecule has 0 fully saturated rings. The number of aromatic amines is 2. The van der Waals surface area contributed by atoms with E-state index in [2.05, 4.69) is 14.7 Å². The molecule has 0 unspecified atom stereocenters. The number of H-pyrrole nitrogens is 2. The molecular weight excluding hydrogens is 430 g/mol. The van der Waals surface area contributed by atoms with Crippen LogP contribution in [0.3, 0.4) is 0 Å². The van der Waals surface area contributed by atoms with Crippen LogP contribution >= 0.6 is 11.8 Å². The van der Waals surface area contributed by atoms with E-state index in [4.69, 9.17) is 0 Å². The minimum absolute atomic E-state index is 0.0775. The van der Waals surface area contributed by atoms with Crippen molar-refractivity contribution in [3.05, 3.63) is 59.0 Å². The second-order valence-corrected chi connectivity index (χ2v) is 9.07. The van der Waals surface area contributed by atoms with Gasteiger partial charge in [0.2, 0.25) is 0 Å². The SMILES string of the molecule is O=C([O-])CSc1cc(NS(=O)(=O)c2ccc3[nH]c(=O)[nH]c3c2)c2ccccc2c1O. The van der Waals surface area contributed by atoms with E-state index in [9.17, 15) is 28.2 Å². The van der Waals surface area contributed by atoms with Crippen LogP contribution in [0.5, 0.6) is 5.75 Å². The Morgan fingerprint density at radius 1 is 1.07 bits per heavy atom. The van der Waals surface area contributed by atoms with Gasteiger partial charge in [-0.05, 0) is 24.3 Å². The normalized spacial score (nSPS) is 11.7. The van der Waals surface area contributed by atoms with Gasteiger partial charge in [-0.2, -0.15) is 0 Å². The molecule has 0 saturated heterocycles.